The maximum absolute atomic E-state index is 15.5. The van der Waals surface area contributed by atoms with Gasteiger partial charge in [-0.3, -0.25) is 9.78 Å². The fourth-order valence-electron chi connectivity index (χ4n) is 6.17. The fraction of sp³-hybridized carbons (Fsp3) is 0.441. The highest BCUT2D eigenvalue weighted by molar-refractivity contribution is 5.98. The standard InChI is InChI=1S/C34H38F2N6O2/c1-22(2)34(36)9-6-30-27(19-34)17-25-16-26(18-28(35)32(25)40-30)33(43)41-31(8-12-42-11-3-14-44-15-13-42)23-4-5-29(37-20-23)24-7-10-38-39-21-24/h4-5,7,10,16-18,20-22,31H,3,6,8-9,11-15,19H2,1-2H3,(H,41,43)/t31?,34-/m0/s1. The first-order valence-corrected chi connectivity index (χ1v) is 15.4. The van der Waals surface area contributed by atoms with Crippen molar-refractivity contribution in [2.24, 2.45) is 5.92 Å². The number of carbonyl (C=O) groups is 1. The van der Waals surface area contributed by atoms with E-state index in [0.29, 0.717) is 31.3 Å². The third kappa shape index (κ3) is 6.61. The molecule has 0 radical (unpaired) electrons. The number of hydrogen-bond acceptors (Lipinski definition) is 7. The Balaban J connectivity index is 1.26. The summed E-state index contributed by atoms with van der Waals surface area (Å²) in [6, 6.07) is 10.0. The van der Waals surface area contributed by atoms with Crippen molar-refractivity contribution in [2.45, 2.75) is 57.7 Å². The Morgan fingerprint density at radius 1 is 1.11 bits per heavy atom. The molecule has 0 spiro atoms. The summed E-state index contributed by atoms with van der Waals surface area (Å²) in [7, 11) is 0. The molecule has 8 nitrogen and oxygen atoms in total. The van der Waals surface area contributed by atoms with Crippen LogP contribution in [0.5, 0.6) is 0 Å². The third-order valence-corrected chi connectivity index (χ3v) is 9.02. The van der Waals surface area contributed by atoms with E-state index in [4.69, 9.17) is 4.74 Å². The predicted octanol–water partition coefficient (Wildman–Crippen LogP) is 5.66. The first-order chi connectivity index (χ1) is 21.3. The minimum Gasteiger partial charge on any atom is -0.380 e. The van der Waals surface area contributed by atoms with Crippen LogP contribution in [0.4, 0.5) is 8.78 Å². The Labute approximate surface area is 256 Å². The molecule has 1 aliphatic carbocycles. The lowest BCUT2D eigenvalue weighted by Crippen LogP contribution is -2.36. The van der Waals surface area contributed by atoms with Crippen LogP contribution >= 0.6 is 0 Å². The Morgan fingerprint density at radius 2 is 2.00 bits per heavy atom. The Kier molecular flexibility index (Phi) is 8.91. The molecule has 0 bridgehead atoms. The quantitative estimate of drug-likeness (QED) is 0.279. The molecular weight excluding hydrogens is 562 g/mol. The zero-order valence-electron chi connectivity index (χ0n) is 25.2. The number of hydrogen-bond donors (Lipinski definition) is 1. The zero-order valence-corrected chi connectivity index (χ0v) is 25.2. The average Bonchev–Trinajstić information content (AvgIpc) is 3.31. The van der Waals surface area contributed by atoms with E-state index in [0.717, 1.165) is 60.7 Å². The number of rotatable bonds is 8. The van der Waals surface area contributed by atoms with Crippen molar-refractivity contribution >= 4 is 16.8 Å². The number of nitrogens with one attached hydrogen (secondary N) is 1. The fourth-order valence-corrected chi connectivity index (χ4v) is 6.17. The van der Waals surface area contributed by atoms with Gasteiger partial charge in [0.15, 0.2) is 0 Å². The topological polar surface area (TPSA) is 93.1 Å². The molecule has 6 rings (SSSR count). The van der Waals surface area contributed by atoms with Crippen LogP contribution in [0.3, 0.4) is 0 Å². The first kappa shape index (κ1) is 30.1. The lowest BCUT2D eigenvalue weighted by molar-refractivity contribution is 0.0821. The van der Waals surface area contributed by atoms with Crippen molar-refractivity contribution in [1.82, 2.24) is 30.4 Å². The van der Waals surface area contributed by atoms with E-state index in [9.17, 15) is 4.79 Å². The number of alkyl halides is 1. The number of aromatic nitrogens is 4. The normalized spacial score (nSPS) is 19.8. The SMILES string of the molecule is CC(C)[C@]1(F)CCc2nc3c(F)cc(C(=O)NC(CCN4CCCOCC4)c4ccc(-c5ccnnc5)nc4)cc3cc2C1. The maximum Gasteiger partial charge on any atom is 0.251 e. The van der Waals surface area contributed by atoms with Gasteiger partial charge in [0.1, 0.15) is 17.0 Å². The van der Waals surface area contributed by atoms with Crippen LogP contribution in [0.25, 0.3) is 22.2 Å². The van der Waals surface area contributed by atoms with E-state index < -0.39 is 17.4 Å². The Bertz CT molecular complexity index is 1610. The van der Waals surface area contributed by atoms with Crippen LogP contribution in [-0.4, -0.2) is 69.5 Å². The number of pyridine rings is 2. The number of benzene rings is 1. The van der Waals surface area contributed by atoms with Gasteiger partial charge < -0.3 is 15.0 Å². The van der Waals surface area contributed by atoms with Gasteiger partial charge in [0.05, 0.1) is 30.7 Å². The molecule has 4 aromatic rings. The highest BCUT2D eigenvalue weighted by Gasteiger charge is 2.38. The van der Waals surface area contributed by atoms with Crippen molar-refractivity contribution < 1.29 is 18.3 Å². The van der Waals surface area contributed by atoms with Gasteiger partial charge in [0.2, 0.25) is 0 Å². The molecule has 230 valence electrons. The van der Waals surface area contributed by atoms with Crippen LogP contribution in [0.2, 0.25) is 0 Å². The van der Waals surface area contributed by atoms with Gasteiger partial charge in [-0.2, -0.15) is 10.2 Å². The average molecular weight is 601 g/mol. The molecule has 4 heterocycles. The molecule has 44 heavy (non-hydrogen) atoms. The summed E-state index contributed by atoms with van der Waals surface area (Å²) in [5.41, 5.74) is 3.05. The van der Waals surface area contributed by atoms with Gasteiger partial charge in [-0.25, -0.2) is 13.8 Å². The maximum atomic E-state index is 15.5. The molecule has 1 N–H and O–H groups in total. The van der Waals surface area contributed by atoms with Gasteiger partial charge in [0.25, 0.3) is 5.91 Å². The number of ether oxygens (including phenoxy) is 1. The number of halogens is 2. The van der Waals surface area contributed by atoms with E-state index >= 15 is 8.78 Å². The largest absolute Gasteiger partial charge is 0.380 e. The molecule has 3 aromatic heterocycles. The van der Waals surface area contributed by atoms with Crippen LogP contribution in [-0.2, 0) is 17.6 Å². The predicted molar refractivity (Wildman–Crippen MR) is 164 cm³/mol. The summed E-state index contributed by atoms with van der Waals surface area (Å²) in [5, 5.41) is 11.4. The summed E-state index contributed by atoms with van der Waals surface area (Å²) in [5.74, 6) is -1.09. The summed E-state index contributed by atoms with van der Waals surface area (Å²) in [4.78, 5) is 25.2. The van der Waals surface area contributed by atoms with Gasteiger partial charge >= 0.3 is 0 Å². The van der Waals surface area contributed by atoms with Crippen molar-refractivity contribution in [3.8, 4) is 11.3 Å². The number of fused-ring (bicyclic) bond motifs is 2. The van der Waals surface area contributed by atoms with Crippen molar-refractivity contribution in [2.75, 3.05) is 32.8 Å². The van der Waals surface area contributed by atoms with E-state index in [1.807, 2.05) is 38.1 Å². The Morgan fingerprint density at radius 3 is 2.77 bits per heavy atom. The molecule has 1 amide bonds. The second-order valence-corrected chi connectivity index (χ2v) is 12.2. The molecule has 1 saturated heterocycles. The van der Waals surface area contributed by atoms with Crippen molar-refractivity contribution in [3.63, 3.8) is 0 Å². The lowest BCUT2D eigenvalue weighted by atomic mass is 9.77. The molecular formula is C34H38F2N6O2. The van der Waals surface area contributed by atoms with Gasteiger partial charge in [-0.1, -0.05) is 19.9 Å². The van der Waals surface area contributed by atoms with E-state index in [1.165, 1.54) is 6.07 Å². The summed E-state index contributed by atoms with van der Waals surface area (Å²) in [6.07, 6.45) is 7.72. The first-order valence-electron chi connectivity index (χ1n) is 15.4. The summed E-state index contributed by atoms with van der Waals surface area (Å²) >= 11 is 0. The highest BCUT2D eigenvalue weighted by atomic mass is 19.1. The number of amides is 1. The van der Waals surface area contributed by atoms with Gasteiger partial charge in [-0.15, -0.1) is 0 Å². The van der Waals surface area contributed by atoms with Crippen molar-refractivity contribution in [3.05, 3.63) is 83.2 Å². The second kappa shape index (κ2) is 13.0. The van der Waals surface area contributed by atoms with E-state index in [1.54, 1.807) is 24.7 Å². The third-order valence-electron chi connectivity index (χ3n) is 9.02. The lowest BCUT2D eigenvalue weighted by Gasteiger charge is -2.34. The molecule has 1 unspecified atom stereocenters. The monoisotopic (exact) mass is 600 g/mol. The summed E-state index contributed by atoms with van der Waals surface area (Å²) in [6.45, 7) is 7.72. The zero-order chi connectivity index (χ0) is 30.7. The minimum absolute atomic E-state index is 0.135. The molecule has 10 heteroatoms. The van der Waals surface area contributed by atoms with Crippen LogP contribution < -0.4 is 5.32 Å². The van der Waals surface area contributed by atoms with Gasteiger partial charge in [0, 0.05) is 61.1 Å². The molecule has 2 aliphatic rings. The van der Waals surface area contributed by atoms with E-state index in [-0.39, 0.29) is 29.5 Å². The molecule has 1 aromatic carbocycles. The molecule has 1 fully saturated rings. The van der Waals surface area contributed by atoms with Crippen molar-refractivity contribution in [1.29, 1.82) is 0 Å². The number of aryl methyl sites for hydroxylation is 1. The second-order valence-electron chi connectivity index (χ2n) is 12.2. The van der Waals surface area contributed by atoms with Gasteiger partial charge in [-0.05, 0) is 73.1 Å². The molecule has 1 aliphatic heterocycles. The minimum atomic E-state index is -1.32. The number of nitrogens with zero attached hydrogens (tertiary/aromatic N) is 5. The summed E-state index contributed by atoms with van der Waals surface area (Å²) < 4.78 is 36.5. The van der Waals surface area contributed by atoms with E-state index in [2.05, 4.69) is 30.4 Å². The molecule has 2 atom stereocenters. The van der Waals surface area contributed by atoms with Crippen LogP contribution in [0.1, 0.15) is 66.3 Å². The van der Waals surface area contributed by atoms with Crippen LogP contribution in [0, 0.1) is 11.7 Å². The molecule has 0 saturated carbocycles. The Hall–Kier alpha value is -3.89. The smallest absolute Gasteiger partial charge is 0.251 e. The number of carbonyl (C=O) groups excluding carboxylic acids is 1. The highest BCUT2D eigenvalue weighted by Crippen LogP contribution is 2.38. The van der Waals surface area contributed by atoms with Crippen LogP contribution in [0.15, 0.2) is 55.0 Å².